The van der Waals surface area contributed by atoms with Crippen LogP contribution < -0.4 is 4.74 Å². The molecule has 5 nitrogen and oxygen atoms in total. The van der Waals surface area contributed by atoms with Gasteiger partial charge in [0.1, 0.15) is 5.75 Å². The highest BCUT2D eigenvalue weighted by molar-refractivity contribution is 5.61. The largest absolute Gasteiger partial charge is 0.497 e. The number of benzene rings is 1. The number of hydrogen-bond donors (Lipinski definition) is 1. The van der Waals surface area contributed by atoms with Gasteiger partial charge in [0.15, 0.2) is 0 Å². The smallest absolute Gasteiger partial charge is 0.118 e. The fourth-order valence-electron chi connectivity index (χ4n) is 3.33. The molecule has 2 aliphatic rings. The molecule has 0 aromatic heterocycles. The van der Waals surface area contributed by atoms with Crippen molar-refractivity contribution in [1.29, 1.82) is 0 Å². The molecule has 28 heavy (non-hydrogen) atoms. The Morgan fingerprint density at radius 2 is 1.82 bits per heavy atom. The molecule has 0 aliphatic carbocycles. The Morgan fingerprint density at radius 3 is 2.36 bits per heavy atom. The van der Waals surface area contributed by atoms with Crippen LogP contribution in [0.1, 0.15) is 46.6 Å². The summed E-state index contributed by atoms with van der Waals surface area (Å²) in [7, 11) is 1.68. The molecular weight excluding hydrogens is 350 g/mol. The Morgan fingerprint density at radius 1 is 1.18 bits per heavy atom. The van der Waals surface area contributed by atoms with Crippen LogP contribution in [0.5, 0.6) is 5.75 Å². The summed E-state index contributed by atoms with van der Waals surface area (Å²) in [5.74, 6) is 0.867. The predicted molar refractivity (Wildman–Crippen MR) is 117 cm³/mol. The second-order valence-electron chi connectivity index (χ2n) is 8.68. The van der Waals surface area contributed by atoms with Gasteiger partial charge in [0.2, 0.25) is 0 Å². The molecule has 156 valence electrons. The van der Waals surface area contributed by atoms with E-state index in [4.69, 9.17) is 9.73 Å². The maximum Gasteiger partial charge on any atom is 0.118 e. The van der Waals surface area contributed by atoms with Gasteiger partial charge in [0.25, 0.3) is 0 Å². The van der Waals surface area contributed by atoms with Crippen LogP contribution in [-0.2, 0) is 6.54 Å². The topological polar surface area (TPSA) is 48.3 Å². The zero-order valence-electron chi connectivity index (χ0n) is 18.4. The maximum atomic E-state index is 9.84. The Balaban J connectivity index is 0.000000878. The van der Waals surface area contributed by atoms with Gasteiger partial charge in [-0.2, -0.15) is 0 Å². The van der Waals surface area contributed by atoms with E-state index in [-0.39, 0.29) is 24.1 Å². The van der Waals surface area contributed by atoms with Crippen molar-refractivity contribution in [2.45, 2.75) is 59.7 Å². The normalized spacial score (nSPS) is 22.1. The molecule has 0 bridgehead atoms. The molecule has 0 spiro atoms. The lowest BCUT2D eigenvalue weighted by atomic mass is 9.85. The first-order chi connectivity index (χ1) is 13.3. The molecule has 5 heteroatoms. The summed E-state index contributed by atoms with van der Waals surface area (Å²) in [6, 6.07) is 8.47. The molecule has 2 heterocycles. The van der Waals surface area contributed by atoms with E-state index >= 15 is 0 Å². The Bertz CT molecular complexity index is 661. The van der Waals surface area contributed by atoms with E-state index in [0.717, 1.165) is 25.4 Å². The van der Waals surface area contributed by atoms with Gasteiger partial charge in [-0.05, 0) is 29.2 Å². The molecule has 2 unspecified atom stereocenters. The number of hydrogen-bond acceptors (Lipinski definition) is 5. The van der Waals surface area contributed by atoms with Crippen molar-refractivity contribution in [2.75, 3.05) is 26.8 Å². The van der Waals surface area contributed by atoms with E-state index in [1.807, 2.05) is 18.5 Å². The molecule has 1 fully saturated rings. The first-order valence-electron chi connectivity index (χ1n) is 10.3. The van der Waals surface area contributed by atoms with Gasteiger partial charge in [-0.3, -0.25) is 9.89 Å². The van der Waals surface area contributed by atoms with E-state index in [9.17, 15) is 5.11 Å². The fraction of sp³-hybridized carbons (Fsp3) is 0.609. The Labute approximate surface area is 170 Å². The maximum absolute atomic E-state index is 9.84. The van der Waals surface area contributed by atoms with Crippen LogP contribution in [-0.4, -0.2) is 60.1 Å². The fourth-order valence-corrected chi connectivity index (χ4v) is 3.33. The summed E-state index contributed by atoms with van der Waals surface area (Å²) in [4.78, 5) is 9.23. The third kappa shape index (κ3) is 5.82. The average molecular weight is 388 g/mol. The van der Waals surface area contributed by atoms with Crippen LogP contribution in [0.25, 0.3) is 0 Å². The Kier molecular flexibility index (Phi) is 8.08. The number of aliphatic imine (C=N–C) groups is 1. The van der Waals surface area contributed by atoms with E-state index in [1.54, 1.807) is 7.11 Å². The highest BCUT2D eigenvalue weighted by Crippen LogP contribution is 2.30. The first-order valence-corrected chi connectivity index (χ1v) is 10.3. The molecule has 0 saturated carbocycles. The molecular formula is C23H37N3O2. The van der Waals surface area contributed by atoms with Crippen LogP contribution in [0.4, 0.5) is 0 Å². The number of fused-ring (bicyclic) bond motifs is 1. The molecule has 3 rings (SSSR count). The molecule has 1 N–H and O–H groups in total. The molecule has 2 aliphatic heterocycles. The van der Waals surface area contributed by atoms with Gasteiger partial charge in [0, 0.05) is 25.3 Å². The minimum Gasteiger partial charge on any atom is -0.497 e. The summed E-state index contributed by atoms with van der Waals surface area (Å²) in [5.41, 5.74) is 2.63. The molecule has 1 aromatic rings. The van der Waals surface area contributed by atoms with Crippen molar-refractivity contribution < 1.29 is 9.84 Å². The summed E-state index contributed by atoms with van der Waals surface area (Å²) in [6.07, 6.45) is 5.49. The van der Waals surface area contributed by atoms with Gasteiger partial charge >= 0.3 is 0 Å². The predicted octanol–water partition coefficient (Wildman–Crippen LogP) is 3.93. The van der Waals surface area contributed by atoms with Crippen molar-refractivity contribution in [3.05, 3.63) is 41.6 Å². The van der Waals surface area contributed by atoms with Crippen molar-refractivity contribution >= 4 is 6.34 Å². The van der Waals surface area contributed by atoms with Gasteiger partial charge in [-0.15, -0.1) is 0 Å². The van der Waals surface area contributed by atoms with E-state index in [1.165, 1.54) is 17.7 Å². The first kappa shape index (κ1) is 22.4. The quantitative estimate of drug-likeness (QED) is 0.850. The van der Waals surface area contributed by atoms with E-state index < -0.39 is 0 Å². The zero-order valence-corrected chi connectivity index (χ0v) is 18.4. The summed E-state index contributed by atoms with van der Waals surface area (Å²) < 4.78 is 5.23. The van der Waals surface area contributed by atoms with E-state index in [2.05, 4.69) is 62.6 Å². The lowest BCUT2D eigenvalue weighted by Crippen LogP contribution is -2.53. The summed E-state index contributed by atoms with van der Waals surface area (Å²) in [5, 5.41) is 9.84. The number of methoxy groups -OCH3 is 1. The zero-order chi connectivity index (χ0) is 20.7. The number of piperazine rings is 1. The van der Waals surface area contributed by atoms with Crippen molar-refractivity contribution in [1.82, 2.24) is 9.80 Å². The van der Waals surface area contributed by atoms with Gasteiger partial charge in [-0.25, -0.2) is 0 Å². The van der Waals surface area contributed by atoms with Crippen molar-refractivity contribution in [3.8, 4) is 5.75 Å². The molecule has 2 atom stereocenters. The van der Waals surface area contributed by atoms with Gasteiger partial charge < -0.3 is 14.7 Å². The van der Waals surface area contributed by atoms with Crippen LogP contribution >= 0.6 is 0 Å². The van der Waals surface area contributed by atoms with Crippen LogP contribution in [0.15, 0.2) is 41.0 Å². The van der Waals surface area contributed by atoms with Gasteiger partial charge in [0.05, 0.1) is 32.1 Å². The lowest BCUT2D eigenvalue weighted by Gasteiger charge is -2.44. The number of rotatable bonds is 4. The molecule has 1 aromatic carbocycles. The molecule has 1 saturated heterocycles. The summed E-state index contributed by atoms with van der Waals surface area (Å²) >= 11 is 0. The number of aliphatic hydroxyl groups excluding tert-OH is 1. The monoisotopic (exact) mass is 387 g/mol. The number of nitrogens with zero attached hydrogens (tertiary/aromatic N) is 3. The minimum absolute atomic E-state index is 0.108. The van der Waals surface area contributed by atoms with Crippen LogP contribution in [0.3, 0.4) is 0 Å². The third-order valence-corrected chi connectivity index (χ3v) is 5.02. The van der Waals surface area contributed by atoms with Crippen molar-refractivity contribution in [2.24, 2.45) is 10.4 Å². The van der Waals surface area contributed by atoms with Gasteiger partial charge in [-0.1, -0.05) is 53.2 Å². The number of aliphatic hydroxyl groups is 1. The van der Waals surface area contributed by atoms with E-state index in [0.29, 0.717) is 0 Å². The number of ether oxygens (including phenoxy) is 1. The Hall–Kier alpha value is -1.85. The SMILES string of the molecule is CCC.COc1ccc(CN2CC3=CC(C(C)(C)C)N=CN3CC2CO)cc1. The highest BCUT2D eigenvalue weighted by atomic mass is 16.5. The minimum atomic E-state index is 0.108. The van der Waals surface area contributed by atoms with Crippen LogP contribution in [0.2, 0.25) is 0 Å². The standard InChI is InChI=1S/C20H29N3O2.C3H8/c1-20(2,3)19-9-16-11-22(17(13-24)12-23(16)14-21-19)10-15-5-7-18(25-4)8-6-15;1-3-2/h5-9,14,17,19,24H,10-13H2,1-4H3;3H2,1-2H3. The second-order valence-corrected chi connectivity index (χ2v) is 8.68. The average Bonchev–Trinajstić information content (AvgIpc) is 2.67. The summed E-state index contributed by atoms with van der Waals surface area (Å²) in [6.45, 7) is 13.5. The molecule has 0 amide bonds. The highest BCUT2D eigenvalue weighted by Gasteiger charge is 2.33. The lowest BCUT2D eigenvalue weighted by molar-refractivity contribution is 0.0811. The molecule has 0 radical (unpaired) electrons. The third-order valence-electron chi connectivity index (χ3n) is 5.02. The second kappa shape index (κ2) is 10.1. The van der Waals surface area contributed by atoms with Crippen LogP contribution in [0, 0.1) is 5.41 Å². The van der Waals surface area contributed by atoms with Crippen molar-refractivity contribution in [3.63, 3.8) is 0 Å².